The predicted molar refractivity (Wildman–Crippen MR) is 136 cm³/mol. The van der Waals surface area contributed by atoms with Crippen molar-refractivity contribution in [2.45, 2.75) is 0 Å². The number of hydrogen-bond donors (Lipinski definition) is 1. The fourth-order valence-electron chi connectivity index (χ4n) is 3.81. The van der Waals surface area contributed by atoms with Crippen LogP contribution in [0.5, 0.6) is 11.5 Å². The van der Waals surface area contributed by atoms with Crippen molar-refractivity contribution in [1.29, 1.82) is 0 Å². The van der Waals surface area contributed by atoms with E-state index in [9.17, 15) is 19.2 Å². The maximum atomic E-state index is 12.6. The van der Waals surface area contributed by atoms with E-state index in [1.54, 1.807) is 48.5 Å². The minimum absolute atomic E-state index is 0.176. The molecule has 182 valence electrons. The van der Waals surface area contributed by atoms with Crippen LogP contribution in [-0.4, -0.2) is 30.3 Å². The minimum atomic E-state index is -0.712. The lowest BCUT2D eigenvalue weighted by Crippen LogP contribution is -2.29. The monoisotopic (exact) mass is 492 g/mol. The second-order valence-corrected chi connectivity index (χ2v) is 8.10. The van der Waals surface area contributed by atoms with Gasteiger partial charge in [0.25, 0.3) is 17.7 Å². The lowest BCUT2D eigenvalue weighted by Gasteiger charge is -2.14. The highest BCUT2D eigenvalue weighted by atomic mass is 16.5. The quantitative estimate of drug-likeness (QED) is 0.285. The number of amides is 3. The molecule has 3 amide bonds. The number of rotatable bonds is 7. The summed E-state index contributed by atoms with van der Waals surface area (Å²) in [7, 11) is 0. The van der Waals surface area contributed by atoms with Gasteiger partial charge in [-0.15, -0.1) is 0 Å². The molecule has 0 saturated heterocycles. The molecule has 5 rings (SSSR count). The van der Waals surface area contributed by atoms with E-state index in [1.165, 1.54) is 24.3 Å². The first-order chi connectivity index (χ1) is 18.0. The third-order valence-corrected chi connectivity index (χ3v) is 5.61. The zero-order valence-electron chi connectivity index (χ0n) is 19.4. The molecular weight excluding hydrogens is 472 g/mol. The number of nitrogens with zero attached hydrogens (tertiary/aromatic N) is 1. The summed E-state index contributed by atoms with van der Waals surface area (Å²) in [5.41, 5.74) is 1.70. The largest absolute Gasteiger partial charge is 0.457 e. The number of hydrogen-bond acceptors (Lipinski definition) is 6. The van der Waals surface area contributed by atoms with E-state index in [0.29, 0.717) is 34.0 Å². The van der Waals surface area contributed by atoms with E-state index >= 15 is 0 Å². The first kappa shape index (κ1) is 23.5. The van der Waals surface area contributed by atoms with Gasteiger partial charge in [0, 0.05) is 5.69 Å². The van der Waals surface area contributed by atoms with E-state index in [4.69, 9.17) is 9.47 Å². The van der Waals surface area contributed by atoms with E-state index in [-0.39, 0.29) is 5.56 Å². The van der Waals surface area contributed by atoms with Crippen LogP contribution in [-0.2, 0) is 9.53 Å². The minimum Gasteiger partial charge on any atom is -0.457 e. The molecule has 1 N–H and O–H groups in total. The Kier molecular flexibility index (Phi) is 6.46. The highest BCUT2D eigenvalue weighted by molar-refractivity contribution is 6.34. The van der Waals surface area contributed by atoms with Gasteiger partial charge in [-0.2, -0.15) is 0 Å². The average molecular weight is 492 g/mol. The first-order valence-corrected chi connectivity index (χ1v) is 11.4. The third-order valence-electron chi connectivity index (χ3n) is 5.61. The van der Waals surface area contributed by atoms with Gasteiger partial charge in [-0.05, 0) is 72.8 Å². The molecule has 4 aromatic carbocycles. The van der Waals surface area contributed by atoms with Crippen molar-refractivity contribution in [1.82, 2.24) is 0 Å². The molecule has 8 nitrogen and oxygen atoms in total. The van der Waals surface area contributed by atoms with Crippen molar-refractivity contribution in [3.8, 4) is 11.5 Å². The number of fused-ring (bicyclic) bond motifs is 1. The Labute approximate surface area is 212 Å². The number of carbonyl (C=O) groups excluding carboxylic acids is 4. The molecule has 0 saturated carbocycles. The Morgan fingerprint density at radius 1 is 0.676 bits per heavy atom. The average Bonchev–Trinajstić information content (AvgIpc) is 3.19. The number of benzene rings is 4. The molecule has 0 bridgehead atoms. The van der Waals surface area contributed by atoms with Gasteiger partial charge < -0.3 is 14.8 Å². The molecular formula is C29H20N2O6. The van der Waals surface area contributed by atoms with Crippen molar-refractivity contribution < 1.29 is 28.7 Å². The van der Waals surface area contributed by atoms with Gasteiger partial charge in [0.2, 0.25) is 0 Å². The fraction of sp³-hybridized carbons (Fsp3) is 0.0345. The summed E-state index contributed by atoms with van der Waals surface area (Å²) >= 11 is 0. The highest BCUT2D eigenvalue weighted by Gasteiger charge is 2.36. The zero-order valence-corrected chi connectivity index (χ0v) is 19.4. The molecule has 8 heteroatoms. The highest BCUT2D eigenvalue weighted by Crippen LogP contribution is 2.28. The van der Waals surface area contributed by atoms with Gasteiger partial charge in [-0.1, -0.05) is 30.3 Å². The number of para-hydroxylation sites is 1. The molecule has 1 heterocycles. The molecule has 0 aliphatic carbocycles. The van der Waals surface area contributed by atoms with E-state index in [0.717, 1.165) is 4.90 Å². The van der Waals surface area contributed by atoms with E-state index in [2.05, 4.69) is 5.32 Å². The van der Waals surface area contributed by atoms with Gasteiger partial charge in [-0.3, -0.25) is 14.4 Å². The second-order valence-electron chi connectivity index (χ2n) is 8.10. The Morgan fingerprint density at radius 2 is 1.24 bits per heavy atom. The summed E-state index contributed by atoms with van der Waals surface area (Å²) in [4.78, 5) is 50.9. The summed E-state index contributed by atoms with van der Waals surface area (Å²) in [5.74, 6) is -0.758. The van der Waals surface area contributed by atoms with Gasteiger partial charge >= 0.3 is 5.97 Å². The lowest BCUT2D eigenvalue weighted by molar-refractivity contribution is -0.119. The van der Waals surface area contributed by atoms with Gasteiger partial charge in [0.15, 0.2) is 6.61 Å². The van der Waals surface area contributed by atoms with Crippen LogP contribution < -0.4 is 15.0 Å². The third kappa shape index (κ3) is 5.08. The molecule has 0 fully saturated rings. The van der Waals surface area contributed by atoms with Crippen molar-refractivity contribution in [3.63, 3.8) is 0 Å². The lowest BCUT2D eigenvalue weighted by atomic mass is 10.1. The van der Waals surface area contributed by atoms with Crippen molar-refractivity contribution in [2.75, 3.05) is 16.8 Å². The molecule has 0 unspecified atom stereocenters. The summed E-state index contributed by atoms with van der Waals surface area (Å²) in [5, 5.41) is 2.65. The number of esters is 1. The van der Waals surface area contributed by atoms with Crippen LogP contribution in [0.3, 0.4) is 0 Å². The van der Waals surface area contributed by atoms with Gasteiger partial charge in [-0.25, -0.2) is 9.69 Å². The molecule has 4 aromatic rings. The second kappa shape index (κ2) is 10.2. The van der Waals surface area contributed by atoms with E-state index < -0.39 is 30.3 Å². The van der Waals surface area contributed by atoms with Gasteiger partial charge in [0.1, 0.15) is 11.5 Å². The number of carbonyl (C=O) groups is 4. The van der Waals surface area contributed by atoms with Gasteiger partial charge in [0.05, 0.1) is 22.4 Å². The number of anilines is 2. The fourth-order valence-corrected chi connectivity index (χ4v) is 3.81. The molecule has 0 spiro atoms. The standard InChI is InChI=1S/C29H20N2O6/c32-26(30-20-12-16-23(17-13-20)37-22-6-2-1-3-7-22)18-36-29(35)19-10-14-21(15-11-19)31-27(33)24-8-4-5-9-25(24)28(31)34/h1-17H,18H2,(H,30,32). The Balaban J connectivity index is 1.14. The molecule has 1 aliphatic rings. The van der Waals surface area contributed by atoms with Crippen LogP contribution >= 0.6 is 0 Å². The van der Waals surface area contributed by atoms with E-state index in [1.807, 2.05) is 30.3 Å². The van der Waals surface area contributed by atoms with Crippen LogP contribution in [0.1, 0.15) is 31.1 Å². The van der Waals surface area contributed by atoms with Crippen molar-refractivity contribution >= 4 is 35.1 Å². The summed E-state index contributed by atoms with van der Waals surface area (Å²) in [6, 6.07) is 28.5. The molecule has 0 atom stereocenters. The maximum Gasteiger partial charge on any atom is 0.338 e. The van der Waals surface area contributed by atoms with Crippen LogP contribution in [0.15, 0.2) is 103 Å². The zero-order chi connectivity index (χ0) is 25.8. The predicted octanol–water partition coefficient (Wildman–Crippen LogP) is 5.08. The van der Waals surface area contributed by atoms with Crippen LogP contribution in [0, 0.1) is 0 Å². The van der Waals surface area contributed by atoms with Crippen LogP contribution in [0.4, 0.5) is 11.4 Å². The Hall–Kier alpha value is -5.24. The summed E-state index contributed by atoms with van der Waals surface area (Å²) < 4.78 is 10.8. The Morgan fingerprint density at radius 3 is 1.86 bits per heavy atom. The SMILES string of the molecule is O=C(COC(=O)c1ccc(N2C(=O)c3ccccc3C2=O)cc1)Nc1ccc(Oc2ccccc2)cc1. The molecule has 1 aliphatic heterocycles. The summed E-state index contributed by atoms with van der Waals surface area (Å²) in [6.45, 7) is -0.485. The van der Waals surface area contributed by atoms with Crippen molar-refractivity contribution in [3.05, 3.63) is 120 Å². The van der Waals surface area contributed by atoms with Crippen molar-refractivity contribution in [2.24, 2.45) is 0 Å². The maximum absolute atomic E-state index is 12.6. The topological polar surface area (TPSA) is 102 Å². The molecule has 0 aromatic heterocycles. The van der Waals surface area contributed by atoms with Crippen LogP contribution in [0.25, 0.3) is 0 Å². The Bertz CT molecular complexity index is 1450. The first-order valence-electron chi connectivity index (χ1n) is 11.4. The smallest absolute Gasteiger partial charge is 0.338 e. The normalized spacial score (nSPS) is 12.2. The van der Waals surface area contributed by atoms with Crippen LogP contribution in [0.2, 0.25) is 0 Å². The summed E-state index contributed by atoms with van der Waals surface area (Å²) in [6.07, 6.45) is 0. The molecule has 0 radical (unpaired) electrons. The number of ether oxygens (including phenoxy) is 2. The molecule has 37 heavy (non-hydrogen) atoms. The number of imide groups is 1. The number of nitrogens with one attached hydrogen (secondary N) is 1.